The Morgan fingerprint density at radius 1 is 0.982 bits per heavy atom. The highest BCUT2D eigenvalue weighted by atomic mass is 127. The zero-order chi connectivity index (χ0) is 38.7. The summed E-state index contributed by atoms with van der Waals surface area (Å²) in [6, 6.07) is 19.9. The van der Waals surface area contributed by atoms with Crippen molar-refractivity contribution in [2.24, 2.45) is 36.1 Å². The van der Waals surface area contributed by atoms with Gasteiger partial charge in [-0.3, -0.25) is 28.8 Å². The van der Waals surface area contributed by atoms with Gasteiger partial charge in [0.25, 0.3) is 0 Å². The molecule has 4 amide bonds. The minimum absolute atomic E-state index is 0.0428. The number of ether oxygens (including phenoxy) is 1. The van der Waals surface area contributed by atoms with Crippen molar-refractivity contribution in [1.29, 1.82) is 0 Å². The molecular weight excluding hydrogens is 851 g/mol. The van der Waals surface area contributed by atoms with Gasteiger partial charge in [-0.05, 0) is 133 Å². The quantitative estimate of drug-likeness (QED) is 0.103. The molecule has 4 heterocycles. The summed E-state index contributed by atoms with van der Waals surface area (Å²) in [5.41, 5.74) is 2.42. The van der Waals surface area contributed by atoms with E-state index < -0.39 is 35.0 Å². The molecule has 55 heavy (non-hydrogen) atoms. The van der Waals surface area contributed by atoms with Crippen molar-refractivity contribution in [3.8, 4) is 22.1 Å². The van der Waals surface area contributed by atoms with Crippen LogP contribution in [-0.4, -0.2) is 45.1 Å². The molecule has 2 aliphatic heterocycles. The fraction of sp³-hybridized carbons (Fsp3) is 0.310. The van der Waals surface area contributed by atoms with Gasteiger partial charge in [0, 0.05) is 32.3 Å². The summed E-state index contributed by atoms with van der Waals surface area (Å²) >= 11 is 10.1. The normalized spacial score (nSPS) is 26.1. The van der Waals surface area contributed by atoms with E-state index in [1.807, 2.05) is 57.2 Å². The van der Waals surface area contributed by atoms with Gasteiger partial charge in [0.1, 0.15) is 11.5 Å². The van der Waals surface area contributed by atoms with E-state index in [9.17, 15) is 19.5 Å². The molecule has 4 aliphatic rings. The van der Waals surface area contributed by atoms with E-state index in [1.165, 1.54) is 9.80 Å². The van der Waals surface area contributed by atoms with Crippen LogP contribution in [0.1, 0.15) is 43.7 Å². The number of phenols is 1. The number of carbonyl (C=O) groups is 4. The predicted molar refractivity (Wildman–Crippen MR) is 219 cm³/mol. The summed E-state index contributed by atoms with van der Waals surface area (Å²) in [6.45, 7) is 5.98. The summed E-state index contributed by atoms with van der Waals surface area (Å²) < 4.78 is 9.41. The smallest absolute Gasteiger partial charge is 0.242 e. The number of hydrogen-bond donors (Lipinski definition) is 1. The highest BCUT2D eigenvalue weighted by molar-refractivity contribution is 14.1. The number of benzene rings is 3. The van der Waals surface area contributed by atoms with Gasteiger partial charge < -0.3 is 9.84 Å². The fourth-order valence-electron chi connectivity index (χ4n) is 9.66. The summed E-state index contributed by atoms with van der Waals surface area (Å²) in [4.78, 5) is 62.0. The molecule has 10 nitrogen and oxygen atoms in total. The van der Waals surface area contributed by atoms with E-state index in [0.29, 0.717) is 40.8 Å². The maximum atomic E-state index is 15.2. The van der Waals surface area contributed by atoms with Gasteiger partial charge in [-0.25, -0.2) is 4.90 Å². The van der Waals surface area contributed by atoms with E-state index >= 15 is 4.79 Å². The number of fused-ring (bicyclic) bond motifs is 5. The lowest BCUT2D eigenvalue weighted by atomic mass is 9.51. The first-order valence-corrected chi connectivity index (χ1v) is 20.5. The molecule has 0 spiro atoms. The van der Waals surface area contributed by atoms with E-state index in [1.54, 1.807) is 59.5 Å². The molecule has 0 unspecified atom stereocenters. The Morgan fingerprint density at radius 3 is 2.49 bits per heavy atom. The Bertz CT molecular complexity index is 2530. The van der Waals surface area contributed by atoms with Crippen LogP contribution in [0.2, 0.25) is 5.02 Å². The van der Waals surface area contributed by atoms with Crippen LogP contribution in [0.25, 0.3) is 20.7 Å². The predicted octanol–water partition coefficient (Wildman–Crippen LogP) is 8.41. The van der Waals surface area contributed by atoms with Crippen molar-refractivity contribution in [2.45, 2.75) is 39.5 Å². The van der Waals surface area contributed by atoms with E-state index in [-0.39, 0.29) is 41.5 Å². The molecule has 2 saturated heterocycles. The second-order valence-corrected chi connectivity index (χ2v) is 17.8. The number of allylic oxidation sites excluding steroid dienone is 2. The van der Waals surface area contributed by atoms with Gasteiger partial charge in [0.15, 0.2) is 11.5 Å². The van der Waals surface area contributed by atoms with Crippen molar-refractivity contribution in [3.63, 3.8) is 0 Å². The second kappa shape index (κ2) is 13.0. The summed E-state index contributed by atoms with van der Waals surface area (Å²) in [7, 11) is 1.73. The number of anilines is 2. The van der Waals surface area contributed by atoms with Crippen molar-refractivity contribution >= 4 is 90.7 Å². The number of hydrogen-bond acceptors (Lipinski definition) is 8. The molecule has 6 atom stereocenters. The number of aryl methyl sites for hydroxylation is 2. The lowest BCUT2D eigenvalue weighted by Gasteiger charge is -2.49. The zero-order valence-electron chi connectivity index (χ0n) is 30.4. The summed E-state index contributed by atoms with van der Waals surface area (Å²) in [5.74, 6) is -3.97. The number of thiophene rings is 1. The van der Waals surface area contributed by atoms with Crippen LogP contribution in [0.4, 0.5) is 11.5 Å². The van der Waals surface area contributed by atoms with E-state index in [2.05, 4.69) is 22.6 Å². The Hall–Kier alpha value is -4.53. The van der Waals surface area contributed by atoms with Crippen LogP contribution < -0.4 is 14.5 Å². The Balaban J connectivity index is 1.16. The van der Waals surface area contributed by atoms with Gasteiger partial charge >= 0.3 is 0 Å². The number of aromatic nitrogens is 2. The number of amides is 4. The standard InChI is InChI=1S/C42H36ClIN4O6S/c1-5-54-32-16-21(6-14-31(32)49)36-25-12-13-26-35(40(52)47(38(26)50)24-10-8-23(44)9-11-24)28(25)18-29-39(51)48(41(53)42(29,36)3)34-19-30(45-46(34)4)37-20(2)27-17-22(43)7-15-33(27)55-37/h6-12,14-17,19,26,28-29,35-36,49H,5,13,18H2,1-4H3/t26-,28+,29-,35-,36-,42+/m0/s1. The number of nitrogens with zero attached hydrogens (tertiary/aromatic N) is 4. The maximum Gasteiger partial charge on any atom is 0.242 e. The lowest BCUT2D eigenvalue weighted by Crippen LogP contribution is -2.49. The third-order valence-corrected chi connectivity index (χ3v) is 14.4. The number of halogens is 2. The minimum atomic E-state index is -1.27. The zero-order valence-corrected chi connectivity index (χ0v) is 34.1. The average molecular weight is 887 g/mol. The first-order valence-electron chi connectivity index (χ1n) is 18.2. The summed E-state index contributed by atoms with van der Waals surface area (Å²) in [6.07, 6.45) is 2.57. The van der Waals surface area contributed by atoms with Crippen molar-refractivity contribution < 1.29 is 29.0 Å². The topological polar surface area (TPSA) is 122 Å². The number of imide groups is 2. The number of rotatable bonds is 6. The van der Waals surface area contributed by atoms with Gasteiger partial charge in [0.05, 0.1) is 40.3 Å². The minimum Gasteiger partial charge on any atom is -0.504 e. The Labute approximate surface area is 339 Å². The van der Waals surface area contributed by atoms with Gasteiger partial charge in [-0.15, -0.1) is 11.3 Å². The first-order chi connectivity index (χ1) is 26.3. The Kier molecular flexibility index (Phi) is 8.55. The molecule has 5 aromatic rings. The molecule has 9 rings (SSSR count). The van der Waals surface area contributed by atoms with Crippen LogP contribution in [0.3, 0.4) is 0 Å². The largest absolute Gasteiger partial charge is 0.504 e. The fourth-order valence-corrected chi connectivity index (χ4v) is 11.3. The third-order valence-electron chi connectivity index (χ3n) is 12.2. The molecule has 2 aliphatic carbocycles. The molecule has 13 heteroatoms. The van der Waals surface area contributed by atoms with Crippen LogP contribution in [0.15, 0.2) is 78.4 Å². The van der Waals surface area contributed by atoms with Crippen LogP contribution in [-0.2, 0) is 26.2 Å². The van der Waals surface area contributed by atoms with Gasteiger partial charge in [-0.2, -0.15) is 5.10 Å². The SMILES string of the molecule is CCOc1cc([C@H]2C3=CC[C@@H]4C(=O)N(c5ccc(I)cc5)C(=O)[C@@H]4[C@@H]3C[C@H]3C(=O)N(c4cc(-c5sc6ccc(Cl)cc6c5C)nn4C)C(=O)[C@@]23C)ccc1O. The highest BCUT2D eigenvalue weighted by Gasteiger charge is 2.68. The lowest BCUT2D eigenvalue weighted by molar-refractivity contribution is -0.131. The molecule has 1 N–H and O–H groups in total. The monoisotopic (exact) mass is 886 g/mol. The van der Waals surface area contributed by atoms with E-state index in [0.717, 1.165) is 29.7 Å². The molecule has 2 aromatic heterocycles. The van der Waals surface area contributed by atoms with Gasteiger partial charge in [-0.1, -0.05) is 29.3 Å². The van der Waals surface area contributed by atoms with Crippen molar-refractivity contribution in [1.82, 2.24) is 9.78 Å². The second-order valence-electron chi connectivity index (χ2n) is 15.0. The maximum absolute atomic E-state index is 15.2. The number of carbonyl (C=O) groups excluding carboxylic acids is 4. The summed E-state index contributed by atoms with van der Waals surface area (Å²) in [5, 5.41) is 17.2. The third kappa shape index (κ3) is 5.27. The molecule has 280 valence electrons. The molecule has 3 aromatic carbocycles. The van der Waals surface area contributed by atoms with Crippen LogP contribution in [0, 0.1) is 39.6 Å². The van der Waals surface area contributed by atoms with Crippen LogP contribution in [0.5, 0.6) is 11.5 Å². The van der Waals surface area contributed by atoms with E-state index in [4.69, 9.17) is 21.4 Å². The number of phenolic OH excluding ortho intramolecular Hbond substituents is 1. The number of aromatic hydroxyl groups is 1. The molecule has 0 bridgehead atoms. The van der Waals surface area contributed by atoms with Gasteiger partial charge in [0.2, 0.25) is 23.6 Å². The van der Waals surface area contributed by atoms with Crippen molar-refractivity contribution in [2.75, 3.05) is 16.4 Å². The molecule has 0 radical (unpaired) electrons. The van der Waals surface area contributed by atoms with Crippen LogP contribution >= 0.6 is 45.5 Å². The molecule has 1 saturated carbocycles. The molecular formula is C42H36ClIN4O6S. The van der Waals surface area contributed by atoms with Crippen molar-refractivity contribution in [3.05, 3.63) is 98.1 Å². The Morgan fingerprint density at radius 2 is 1.75 bits per heavy atom. The highest BCUT2D eigenvalue weighted by Crippen LogP contribution is 2.64. The average Bonchev–Trinajstić information content (AvgIpc) is 3.83. The first kappa shape index (κ1) is 36.1. The molecule has 3 fully saturated rings.